The van der Waals surface area contributed by atoms with Crippen LogP contribution in [0.4, 0.5) is 0 Å². The predicted molar refractivity (Wildman–Crippen MR) is 224 cm³/mol. The van der Waals surface area contributed by atoms with E-state index in [1.807, 2.05) is 0 Å². The topological polar surface area (TPSA) is 53.1 Å². The van der Waals surface area contributed by atoms with Gasteiger partial charge in [-0.3, -0.25) is 16.0 Å². The van der Waals surface area contributed by atoms with Gasteiger partial charge in [0, 0.05) is 27.6 Å². The summed E-state index contributed by atoms with van der Waals surface area (Å²) in [6.07, 6.45) is 4.32. The van der Waals surface area contributed by atoms with Gasteiger partial charge in [0.1, 0.15) is 6.17 Å². The molecule has 1 aromatic heterocycles. The number of aromatic nitrogens is 1. The Morgan fingerprint density at radius 1 is 0.500 bits per heavy atom. The molecule has 4 N–H and O–H groups in total. The smallest absolute Gasteiger partial charge is 0.101 e. The Bertz CT molecular complexity index is 2790. The van der Waals surface area contributed by atoms with E-state index in [2.05, 4.69) is 197 Å². The number of allylic oxidation sites excluding steroid dienone is 2. The third-order valence-electron chi connectivity index (χ3n) is 12.1. The van der Waals surface area contributed by atoms with Crippen molar-refractivity contribution in [3.63, 3.8) is 0 Å². The third kappa shape index (κ3) is 4.90. The van der Waals surface area contributed by atoms with Crippen LogP contribution >= 0.6 is 0 Å². The van der Waals surface area contributed by atoms with Gasteiger partial charge in [0.15, 0.2) is 0 Å². The maximum absolute atomic E-state index is 3.91. The number of dihydropyridines is 1. The molecule has 2 atom stereocenters. The molecule has 262 valence electrons. The molecule has 5 nitrogen and oxygen atoms in total. The van der Waals surface area contributed by atoms with E-state index in [1.165, 1.54) is 82.4 Å². The molecule has 0 bridgehead atoms. The molecule has 3 heterocycles. The maximum Gasteiger partial charge on any atom is 0.101 e. The minimum Gasteiger partial charge on any atom is -0.380 e. The number of rotatable bonds is 4. The molecule has 0 spiro atoms. The van der Waals surface area contributed by atoms with Gasteiger partial charge in [-0.05, 0) is 97.4 Å². The lowest BCUT2D eigenvalue weighted by Gasteiger charge is -2.41. The van der Waals surface area contributed by atoms with Crippen LogP contribution in [0, 0.1) is 0 Å². The summed E-state index contributed by atoms with van der Waals surface area (Å²) < 4.78 is 2.48. The molecule has 8 aromatic rings. The van der Waals surface area contributed by atoms with Gasteiger partial charge in [0.25, 0.3) is 0 Å². The van der Waals surface area contributed by atoms with Gasteiger partial charge in [0.2, 0.25) is 0 Å². The lowest BCUT2D eigenvalue weighted by atomic mass is 9.82. The third-order valence-corrected chi connectivity index (χ3v) is 12.1. The molecule has 1 aliphatic carbocycles. The number of benzene rings is 7. The molecule has 7 aromatic carbocycles. The number of fused-ring (bicyclic) bond motifs is 8. The minimum atomic E-state index is -0.113. The van der Waals surface area contributed by atoms with Crippen molar-refractivity contribution in [2.45, 2.75) is 37.8 Å². The van der Waals surface area contributed by atoms with Gasteiger partial charge < -0.3 is 9.88 Å². The van der Waals surface area contributed by atoms with Crippen LogP contribution in [0.5, 0.6) is 0 Å². The van der Waals surface area contributed by atoms with Crippen molar-refractivity contribution in [3.05, 3.63) is 186 Å². The van der Waals surface area contributed by atoms with Crippen LogP contribution < -0.4 is 21.3 Å². The lowest BCUT2D eigenvalue weighted by molar-refractivity contribution is 0.217. The highest BCUT2D eigenvalue weighted by molar-refractivity contribution is 6.12. The Morgan fingerprint density at radius 2 is 1.11 bits per heavy atom. The second-order valence-corrected chi connectivity index (χ2v) is 15.6. The first-order chi connectivity index (χ1) is 26.5. The van der Waals surface area contributed by atoms with Crippen molar-refractivity contribution >= 4 is 49.0 Å². The molecule has 1 saturated heterocycles. The van der Waals surface area contributed by atoms with Gasteiger partial charge in [-0.15, -0.1) is 0 Å². The van der Waals surface area contributed by atoms with Gasteiger partial charge >= 0.3 is 0 Å². The molecule has 11 rings (SSSR count). The zero-order valence-corrected chi connectivity index (χ0v) is 30.4. The summed E-state index contributed by atoms with van der Waals surface area (Å²) in [5.74, 6) is 0. The second kappa shape index (κ2) is 12.0. The van der Waals surface area contributed by atoms with E-state index in [0.717, 1.165) is 5.70 Å². The number of nitrogens with one attached hydrogen (secondary N) is 4. The first-order valence-corrected chi connectivity index (χ1v) is 19.1. The van der Waals surface area contributed by atoms with E-state index in [0.29, 0.717) is 6.54 Å². The summed E-state index contributed by atoms with van der Waals surface area (Å²) in [5, 5.41) is 23.1. The Balaban J connectivity index is 0.990. The van der Waals surface area contributed by atoms with Crippen LogP contribution in [0.1, 0.15) is 48.4 Å². The quantitative estimate of drug-likeness (QED) is 0.148. The van der Waals surface area contributed by atoms with E-state index in [9.17, 15) is 0 Å². The summed E-state index contributed by atoms with van der Waals surface area (Å²) in [7, 11) is 0. The summed E-state index contributed by atoms with van der Waals surface area (Å²) in [4.78, 5) is 0. The number of nitrogens with zero attached hydrogens (tertiary/aromatic N) is 1. The Labute approximate surface area is 315 Å². The highest BCUT2D eigenvalue weighted by Crippen LogP contribution is 2.51. The fourth-order valence-electron chi connectivity index (χ4n) is 9.30. The zero-order chi connectivity index (χ0) is 36.0. The van der Waals surface area contributed by atoms with E-state index >= 15 is 0 Å². The van der Waals surface area contributed by atoms with Crippen LogP contribution in [0.2, 0.25) is 0 Å². The maximum atomic E-state index is 3.91. The predicted octanol–water partition coefficient (Wildman–Crippen LogP) is 10.2. The zero-order valence-electron chi connectivity index (χ0n) is 30.4. The standard InChI is InChI=1S/C49H41N5/c1-49(2)41-17-9-7-15-37(41)39-27-40-38-16-8-10-18-44(38)54(45(40)28-42(39)49)36-23-24-43(50-29-36)48-52-46(34-21-19-30-11-3-5-13-32(30)25-34)51-47(53-48)35-22-20-31-12-4-6-14-33(31)26-35/h3-28,46-48,50-53H,29H2,1-2H3. The summed E-state index contributed by atoms with van der Waals surface area (Å²) >= 11 is 0. The number of para-hydroxylation sites is 1. The lowest BCUT2D eigenvalue weighted by Crippen LogP contribution is -2.61. The van der Waals surface area contributed by atoms with Crippen LogP contribution in [-0.4, -0.2) is 17.3 Å². The second-order valence-electron chi connectivity index (χ2n) is 15.6. The van der Waals surface area contributed by atoms with Gasteiger partial charge in [-0.1, -0.05) is 129 Å². The van der Waals surface area contributed by atoms with Crippen molar-refractivity contribution in [2.75, 3.05) is 6.54 Å². The number of hydrogen-bond donors (Lipinski definition) is 4. The molecule has 1 fully saturated rings. The molecular weight excluding hydrogens is 659 g/mol. The molecular formula is C49H41N5. The largest absolute Gasteiger partial charge is 0.380 e. The van der Waals surface area contributed by atoms with E-state index < -0.39 is 0 Å². The summed E-state index contributed by atoms with van der Waals surface area (Å²) in [6, 6.07) is 53.4. The van der Waals surface area contributed by atoms with Crippen molar-refractivity contribution in [2.24, 2.45) is 0 Å². The fraction of sp³-hybridized carbons (Fsp3) is 0.143. The Hall–Kier alpha value is -5.98. The van der Waals surface area contributed by atoms with Crippen molar-refractivity contribution in [3.8, 4) is 11.1 Å². The van der Waals surface area contributed by atoms with Gasteiger partial charge in [-0.25, -0.2) is 0 Å². The molecule has 2 aliphatic heterocycles. The molecule has 0 saturated carbocycles. The summed E-state index contributed by atoms with van der Waals surface area (Å²) in [6.45, 7) is 5.43. The average molecular weight is 700 g/mol. The van der Waals surface area contributed by atoms with E-state index in [1.54, 1.807) is 0 Å². The van der Waals surface area contributed by atoms with Crippen molar-refractivity contribution in [1.82, 2.24) is 25.8 Å². The SMILES string of the molecule is CC1(C)c2ccccc2-c2cc3c4ccccc4n(C4=CC=C(C5NC(c6ccc7ccccc7c6)NC(c6ccc7ccccc7c6)N5)NC4)c3cc21. The first-order valence-electron chi connectivity index (χ1n) is 19.1. The fourth-order valence-corrected chi connectivity index (χ4v) is 9.30. The highest BCUT2D eigenvalue weighted by atomic mass is 15.4. The number of hydrogen-bond acceptors (Lipinski definition) is 4. The summed E-state index contributed by atoms with van der Waals surface area (Å²) in [5.41, 5.74) is 12.7. The monoisotopic (exact) mass is 699 g/mol. The average Bonchev–Trinajstić information content (AvgIpc) is 3.67. The van der Waals surface area contributed by atoms with Crippen LogP contribution in [0.25, 0.3) is 60.2 Å². The normalized spacial score (nSPS) is 20.4. The van der Waals surface area contributed by atoms with Crippen LogP contribution in [0.3, 0.4) is 0 Å². The minimum absolute atomic E-state index is 0.0663. The molecule has 54 heavy (non-hydrogen) atoms. The van der Waals surface area contributed by atoms with Crippen molar-refractivity contribution < 1.29 is 0 Å². The van der Waals surface area contributed by atoms with Crippen LogP contribution in [-0.2, 0) is 5.41 Å². The first kappa shape index (κ1) is 31.5. The molecule has 5 heteroatoms. The van der Waals surface area contributed by atoms with Gasteiger partial charge in [-0.2, -0.15) is 0 Å². The highest BCUT2D eigenvalue weighted by Gasteiger charge is 2.36. The molecule has 2 unspecified atom stereocenters. The van der Waals surface area contributed by atoms with Crippen molar-refractivity contribution in [1.29, 1.82) is 0 Å². The van der Waals surface area contributed by atoms with Crippen LogP contribution in [0.15, 0.2) is 163 Å². The van der Waals surface area contributed by atoms with Gasteiger partial charge in [0.05, 0.1) is 29.9 Å². The Kier molecular flexibility index (Phi) is 7.02. The molecule has 3 aliphatic rings. The molecule has 0 radical (unpaired) electrons. The molecule has 0 amide bonds. The Morgan fingerprint density at radius 3 is 1.80 bits per heavy atom. The van der Waals surface area contributed by atoms with E-state index in [4.69, 9.17) is 0 Å². The van der Waals surface area contributed by atoms with E-state index in [-0.39, 0.29) is 23.9 Å².